The Kier molecular flexibility index (Phi) is 2.35. The highest BCUT2D eigenvalue weighted by Crippen LogP contribution is 2.30. The number of fused-ring (bicyclic) bond motifs is 1. The number of benzene rings is 1. The van der Waals surface area contributed by atoms with E-state index in [1.807, 2.05) is 43.5 Å². The molecule has 3 aromatic rings. The Labute approximate surface area is 105 Å². The predicted molar refractivity (Wildman–Crippen MR) is 71.0 cm³/mol. The van der Waals surface area contributed by atoms with E-state index in [4.69, 9.17) is 0 Å². The van der Waals surface area contributed by atoms with Crippen LogP contribution in [-0.2, 0) is 0 Å². The van der Waals surface area contributed by atoms with Crippen LogP contribution in [0.3, 0.4) is 0 Å². The van der Waals surface area contributed by atoms with Crippen LogP contribution in [0.25, 0.3) is 22.2 Å². The molecule has 0 aliphatic heterocycles. The summed E-state index contributed by atoms with van der Waals surface area (Å²) < 4.78 is 0. The molecule has 3 rings (SSSR count). The van der Waals surface area contributed by atoms with Crippen molar-refractivity contribution in [2.24, 2.45) is 0 Å². The van der Waals surface area contributed by atoms with Gasteiger partial charge in [0, 0.05) is 23.3 Å². The predicted octanol–water partition coefficient (Wildman–Crippen LogP) is 3.41. The van der Waals surface area contributed by atoms with Crippen LogP contribution in [0.1, 0.15) is 11.1 Å². The first-order valence-corrected chi connectivity index (χ1v) is 5.73. The maximum atomic E-state index is 9.22. The van der Waals surface area contributed by atoms with Crippen LogP contribution in [0.2, 0.25) is 0 Å². The molecule has 0 saturated heterocycles. The van der Waals surface area contributed by atoms with Gasteiger partial charge in [-0.2, -0.15) is 5.26 Å². The zero-order valence-electron chi connectivity index (χ0n) is 9.94. The van der Waals surface area contributed by atoms with Gasteiger partial charge in [0.1, 0.15) is 5.65 Å². The summed E-state index contributed by atoms with van der Waals surface area (Å²) in [4.78, 5) is 7.35. The van der Waals surface area contributed by atoms with Crippen molar-refractivity contribution in [2.75, 3.05) is 0 Å². The molecule has 0 saturated carbocycles. The molecule has 0 aliphatic carbocycles. The summed E-state index contributed by atoms with van der Waals surface area (Å²) in [5, 5.41) is 10.3. The topological polar surface area (TPSA) is 52.5 Å². The summed E-state index contributed by atoms with van der Waals surface area (Å²) in [5.41, 5.74) is 4.68. The second-order valence-corrected chi connectivity index (χ2v) is 4.26. The first-order chi connectivity index (χ1) is 8.79. The molecule has 2 aromatic heterocycles. The number of aryl methyl sites for hydroxylation is 1. The van der Waals surface area contributed by atoms with Crippen LogP contribution >= 0.6 is 0 Å². The first-order valence-electron chi connectivity index (χ1n) is 5.73. The van der Waals surface area contributed by atoms with Gasteiger partial charge < -0.3 is 4.98 Å². The van der Waals surface area contributed by atoms with Crippen molar-refractivity contribution in [2.45, 2.75) is 6.92 Å². The molecule has 1 N–H and O–H groups in total. The maximum Gasteiger partial charge on any atom is 0.137 e. The van der Waals surface area contributed by atoms with E-state index in [1.165, 1.54) is 0 Å². The molecule has 1 aromatic carbocycles. The third-order valence-corrected chi connectivity index (χ3v) is 3.05. The van der Waals surface area contributed by atoms with Crippen LogP contribution in [0.15, 0.2) is 42.7 Å². The zero-order chi connectivity index (χ0) is 12.5. The third kappa shape index (κ3) is 1.56. The van der Waals surface area contributed by atoms with Crippen LogP contribution in [0.4, 0.5) is 0 Å². The first kappa shape index (κ1) is 10.5. The number of aromatic amines is 1. The van der Waals surface area contributed by atoms with Crippen LogP contribution in [-0.4, -0.2) is 9.97 Å². The number of pyridine rings is 1. The van der Waals surface area contributed by atoms with Gasteiger partial charge in [-0.05, 0) is 30.7 Å². The van der Waals surface area contributed by atoms with Crippen molar-refractivity contribution in [3.63, 3.8) is 0 Å². The van der Waals surface area contributed by atoms with E-state index in [1.54, 1.807) is 6.20 Å². The molecule has 0 amide bonds. The number of nitrogens with one attached hydrogen (secondary N) is 1. The molecule has 0 bridgehead atoms. The number of nitrogens with zero attached hydrogens (tertiary/aromatic N) is 2. The Morgan fingerprint density at radius 1 is 1.17 bits per heavy atom. The fourth-order valence-corrected chi connectivity index (χ4v) is 2.17. The minimum Gasteiger partial charge on any atom is -0.346 e. The van der Waals surface area contributed by atoms with E-state index in [-0.39, 0.29) is 0 Å². The van der Waals surface area contributed by atoms with Gasteiger partial charge in [-0.1, -0.05) is 17.7 Å². The fourth-order valence-electron chi connectivity index (χ4n) is 2.17. The number of nitriles is 1. The van der Waals surface area contributed by atoms with Gasteiger partial charge in [-0.3, -0.25) is 0 Å². The lowest BCUT2D eigenvalue weighted by Crippen LogP contribution is -1.88. The van der Waals surface area contributed by atoms with Gasteiger partial charge >= 0.3 is 0 Å². The molecule has 18 heavy (non-hydrogen) atoms. The monoisotopic (exact) mass is 233 g/mol. The van der Waals surface area contributed by atoms with E-state index in [0.29, 0.717) is 5.56 Å². The van der Waals surface area contributed by atoms with Crippen molar-refractivity contribution in [3.05, 3.63) is 53.9 Å². The van der Waals surface area contributed by atoms with E-state index < -0.39 is 0 Å². The Balaban J connectivity index is 2.36. The van der Waals surface area contributed by atoms with Crippen molar-refractivity contribution < 1.29 is 0 Å². The zero-order valence-corrected chi connectivity index (χ0v) is 9.94. The van der Waals surface area contributed by atoms with Gasteiger partial charge in [0.15, 0.2) is 0 Å². The minimum atomic E-state index is 0.689. The molecule has 0 aliphatic rings. The summed E-state index contributed by atoms with van der Waals surface area (Å²) in [6.07, 6.45) is 3.63. The van der Waals surface area contributed by atoms with Crippen molar-refractivity contribution in [3.8, 4) is 17.2 Å². The van der Waals surface area contributed by atoms with Crippen molar-refractivity contribution in [1.82, 2.24) is 9.97 Å². The molecule has 3 nitrogen and oxygen atoms in total. The highest BCUT2D eigenvalue weighted by molar-refractivity contribution is 5.94. The van der Waals surface area contributed by atoms with Crippen molar-refractivity contribution >= 4 is 11.0 Å². The summed E-state index contributed by atoms with van der Waals surface area (Å²) in [5.74, 6) is 0. The van der Waals surface area contributed by atoms with Gasteiger partial charge in [0.25, 0.3) is 0 Å². The average molecular weight is 233 g/mol. The molecule has 0 radical (unpaired) electrons. The highest BCUT2D eigenvalue weighted by Gasteiger charge is 2.09. The number of rotatable bonds is 1. The van der Waals surface area contributed by atoms with Crippen LogP contribution in [0.5, 0.6) is 0 Å². The molecule has 0 unspecified atom stereocenters. The normalized spacial score (nSPS) is 10.4. The van der Waals surface area contributed by atoms with Gasteiger partial charge in [0.05, 0.1) is 11.6 Å². The number of H-pyrrole nitrogens is 1. The third-order valence-electron chi connectivity index (χ3n) is 3.05. The van der Waals surface area contributed by atoms with E-state index in [0.717, 1.165) is 27.7 Å². The Morgan fingerprint density at radius 3 is 2.89 bits per heavy atom. The fraction of sp³-hybridized carbons (Fsp3) is 0.0667. The minimum absolute atomic E-state index is 0.689. The average Bonchev–Trinajstić information content (AvgIpc) is 2.86. The lowest BCUT2D eigenvalue weighted by molar-refractivity contribution is 1.32. The number of hydrogen-bond donors (Lipinski definition) is 1. The number of aromatic nitrogens is 2. The van der Waals surface area contributed by atoms with Gasteiger partial charge in [-0.15, -0.1) is 0 Å². The lowest BCUT2D eigenvalue weighted by Gasteiger charge is -2.06. The van der Waals surface area contributed by atoms with E-state index in [2.05, 4.69) is 16.0 Å². The summed E-state index contributed by atoms with van der Waals surface area (Å²) in [6, 6.07) is 12.0. The molecule has 0 fully saturated rings. The summed E-state index contributed by atoms with van der Waals surface area (Å²) >= 11 is 0. The molecular formula is C15H11N3. The Bertz CT molecular complexity index is 763. The van der Waals surface area contributed by atoms with Crippen molar-refractivity contribution in [1.29, 1.82) is 5.26 Å². The quantitative estimate of drug-likeness (QED) is 0.700. The summed E-state index contributed by atoms with van der Waals surface area (Å²) in [6.45, 7) is 2.03. The number of hydrogen-bond acceptors (Lipinski definition) is 2. The van der Waals surface area contributed by atoms with Crippen LogP contribution < -0.4 is 0 Å². The molecule has 3 heteroatoms. The highest BCUT2D eigenvalue weighted by atomic mass is 14.8. The Hall–Kier alpha value is -2.60. The standard InChI is InChI=1S/C15H11N3/c1-10-2-3-11(9-16)14(8-10)12-4-6-17-15-13(12)5-7-18-15/h2-8H,1H3,(H,17,18). The molecule has 0 spiro atoms. The molecular weight excluding hydrogens is 222 g/mol. The SMILES string of the molecule is Cc1ccc(C#N)c(-c2ccnc3[nH]ccc23)c1. The second-order valence-electron chi connectivity index (χ2n) is 4.26. The molecule has 86 valence electrons. The van der Waals surface area contributed by atoms with Gasteiger partial charge in [0.2, 0.25) is 0 Å². The second kappa shape index (κ2) is 4.01. The molecule has 0 atom stereocenters. The van der Waals surface area contributed by atoms with Crippen LogP contribution in [0, 0.1) is 18.3 Å². The van der Waals surface area contributed by atoms with Gasteiger partial charge in [-0.25, -0.2) is 4.98 Å². The smallest absolute Gasteiger partial charge is 0.137 e. The largest absolute Gasteiger partial charge is 0.346 e. The maximum absolute atomic E-state index is 9.22. The molecule has 2 heterocycles. The van der Waals surface area contributed by atoms with E-state index in [9.17, 15) is 5.26 Å². The lowest BCUT2D eigenvalue weighted by atomic mass is 9.97. The van der Waals surface area contributed by atoms with E-state index >= 15 is 0 Å². The summed E-state index contributed by atoms with van der Waals surface area (Å²) in [7, 11) is 0. The Morgan fingerprint density at radius 2 is 2.06 bits per heavy atom.